The topological polar surface area (TPSA) is 64.4 Å². The third kappa shape index (κ3) is 2.61. The van der Waals surface area contributed by atoms with E-state index in [0.29, 0.717) is 19.5 Å². The summed E-state index contributed by atoms with van der Waals surface area (Å²) in [5.74, 6) is -0.429. The number of amides is 1. The van der Waals surface area contributed by atoms with Crippen molar-refractivity contribution >= 4 is 22.9 Å². The van der Waals surface area contributed by atoms with Gasteiger partial charge in [0.25, 0.3) is 0 Å². The van der Waals surface area contributed by atoms with Crippen LogP contribution in [0.25, 0.3) is 11.0 Å². The van der Waals surface area contributed by atoms with Gasteiger partial charge >= 0.3 is 5.97 Å². The van der Waals surface area contributed by atoms with Gasteiger partial charge in [0.1, 0.15) is 6.54 Å². The number of para-hydroxylation sites is 2. The van der Waals surface area contributed by atoms with Crippen LogP contribution in [0.1, 0.15) is 6.42 Å². The monoisotopic (exact) mass is 287 g/mol. The number of imidazole rings is 1. The van der Waals surface area contributed by atoms with Crippen molar-refractivity contribution in [2.45, 2.75) is 13.0 Å². The summed E-state index contributed by atoms with van der Waals surface area (Å²) < 4.78 is 6.57. The van der Waals surface area contributed by atoms with Crippen molar-refractivity contribution in [3.8, 4) is 0 Å². The van der Waals surface area contributed by atoms with Crippen molar-refractivity contribution in [3.05, 3.63) is 30.6 Å². The predicted octanol–water partition coefficient (Wildman–Crippen LogP) is 1.06. The molecule has 1 saturated heterocycles. The molecule has 110 valence electrons. The Morgan fingerprint density at radius 1 is 1.38 bits per heavy atom. The number of esters is 1. The molecule has 2 heterocycles. The summed E-state index contributed by atoms with van der Waals surface area (Å²) >= 11 is 0. The van der Waals surface area contributed by atoms with Gasteiger partial charge in [-0.05, 0) is 18.6 Å². The largest absolute Gasteiger partial charge is 0.469 e. The van der Waals surface area contributed by atoms with Crippen molar-refractivity contribution in [3.63, 3.8) is 0 Å². The van der Waals surface area contributed by atoms with E-state index in [4.69, 9.17) is 4.74 Å². The molecule has 0 aliphatic carbocycles. The number of fused-ring (bicyclic) bond motifs is 1. The van der Waals surface area contributed by atoms with E-state index in [0.717, 1.165) is 11.0 Å². The van der Waals surface area contributed by atoms with Crippen LogP contribution in [0.4, 0.5) is 0 Å². The zero-order valence-electron chi connectivity index (χ0n) is 11.9. The standard InChI is InChI=1S/C15H17N3O3/c1-21-15(20)11-6-7-17(8-11)14(19)9-18-10-16-12-4-2-3-5-13(12)18/h2-5,10-11H,6-9H2,1H3. The minimum Gasteiger partial charge on any atom is -0.469 e. The van der Waals surface area contributed by atoms with Crippen LogP contribution in [0, 0.1) is 5.92 Å². The number of benzene rings is 1. The second kappa shape index (κ2) is 5.55. The van der Waals surface area contributed by atoms with Gasteiger partial charge in [0.15, 0.2) is 0 Å². The molecule has 0 radical (unpaired) electrons. The van der Waals surface area contributed by atoms with Crippen LogP contribution < -0.4 is 0 Å². The van der Waals surface area contributed by atoms with Crippen molar-refractivity contribution in [2.24, 2.45) is 5.92 Å². The summed E-state index contributed by atoms with van der Waals surface area (Å²) in [4.78, 5) is 29.8. The molecule has 0 bridgehead atoms. The first-order valence-electron chi connectivity index (χ1n) is 6.94. The Hall–Kier alpha value is -2.37. The minimum absolute atomic E-state index is 0.00422. The molecule has 6 heteroatoms. The average Bonchev–Trinajstić information content (AvgIpc) is 3.14. The van der Waals surface area contributed by atoms with E-state index in [2.05, 4.69) is 4.98 Å². The second-order valence-electron chi connectivity index (χ2n) is 5.21. The van der Waals surface area contributed by atoms with Crippen molar-refractivity contribution in [2.75, 3.05) is 20.2 Å². The number of aromatic nitrogens is 2. The highest BCUT2D eigenvalue weighted by molar-refractivity contribution is 5.82. The number of ether oxygens (including phenoxy) is 1. The number of methoxy groups -OCH3 is 1. The lowest BCUT2D eigenvalue weighted by molar-refractivity contribution is -0.145. The van der Waals surface area contributed by atoms with Gasteiger partial charge in [-0.2, -0.15) is 0 Å². The first-order valence-corrected chi connectivity index (χ1v) is 6.94. The molecular formula is C15H17N3O3. The van der Waals surface area contributed by atoms with E-state index in [-0.39, 0.29) is 24.3 Å². The van der Waals surface area contributed by atoms with Gasteiger partial charge < -0.3 is 14.2 Å². The lowest BCUT2D eigenvalue weighted by atomic mass is 10.1. The molecule has 1 aromatic carbocycles. The summed E-state index contributed by atoms with van der Waals surface area (Å²) in [5, 5.41) is 0. The molecule has 21 heavy (non-hydrogen) atoms. The van der Waals surface area contributed by atoms with Crippen LogP contribution in [0.2, 0.25) is 0 Å². The van der Waals surface area contributed by atoms with E-state index in [1.54, 1.807) is 11.2 Å². The SMILES string of the molecule is COC(=O)C1CCN(C(=O)Cn2cnc3ccccc32)C1. The van der Waals surface area contributed by atoms with Crippen LogP contribution >= 0.6 is 0 Å². The van der Waals surface area contributed by atoms with Gasteiger partial charge in [-0.15, -0.1) is 0 Å². The van der Waals surface area contributed by atoms with E-state index in [1.807, 2.05) is 28.8 Å². The lowest BCUT2D eigenvalue weighted by Crippen LogP contribution is -2.32. The maximum atomic E-state index is 12.3. The van der Waals surface area contributed by atoms with Crippen molar-refractivity contribution in [1.29, 1.82) is 0 Å². The Labute approximate surface area is 122 Å². The molecule has 1 amide bonds. The highest BCUT2D eigenvalue weighted by atomic mass is 16.5. The summed E-state index contributed by atoms with van der Waals surface area (Å²) in [5.41, 5.74) is 1.81. The van der Waals surface area contributed by atoms with Gasteiger partial charge in [0, 0.05) is 13.1 Å². The van der Waals surface area contributed by atoms with Crippen molar-refractivity contribution in [1.82, 2.24) is 14.5 Å². The normalized spacial score (nSPS) is 18.1. The molecule has 2 aromatic rings. The molecule has 0 spiro atoms. The maximum Gasteiger partial charge on any atom is 0.310 e. The number of hydrogen-bond donors (Lipinski definition) is 0. The first kappa shape index (κ1) is 13.6. The number of carbonyl (C=O) groups excluding carboxylic acids is 2. The molecule has 1 aromatic heterocycles. The molecule has 0 N–H and O–H groups in total. The highest BCUT2D eigenvalue weighted by Crippen LogP contribution is 2.19. The zero-order chi connectivity index (χ0) is 14.8. The number of rotatable bonds is 3. The Morgan fingerprint density at radius 2 is 2.19 bits per heavy atom. The fraction of sp³-hybridized carbons (Fsp3) is 0.400. The third-order valence-electron chi connectivity index (χ3n) is 3.91. The maximum absolute atomic E-state index is 12.3. The van der Waals surface area contributed by atoms with Gasteiger partial charge in [-0.25, -0.2) is 4.98 Å². The van der Waals surface area contributed by atoms with E-state index in [9.17, 15) is 9.59 Å². The summed E-state index contributed by atoms with van der Waals surface area (Å²) in [6, 6.07) is 7.70. The van der Waals surface area contributed by atoms with Crippen LogP contribution in [-0.2, 0) is 20.9 Å². The van der Waals surface area contributed by atoms with Gasteiger partial charge in [-0.1, -0.05) is 12.1 Å². The molecule has 1 fully saturated rings. The average molecular weight is 287 g/mol. The molecular weight excluding hydrogens is 270 g/mol. The van der Waals surface area contributed by atoms with Crippen LogP contribution in [0.15, 0.2) is 30.6 Å². The summed E-state index contributed by atoms with van der Waals surface area (Å²) in [6.45, 7) is 1.29. The Kier molecular flexibility index (Phi) is 3.60. The third-order valence-corrected chi connectivity index (χ3v) is 3.91. The van der Waals surface area contributed by atoms with Crippen molar-refractivity contribution < 1.29 is 14.3 Å². The quantitative estimate of drug-likeness (QED) is 0.792. The molecule has 1 aliphatic heterocycles. The fourth-order valence-corrected chi connectivity index (χ4v) is 2.73. The van der Waals surface area contributed by atoms with Gasteiger partial charge in [0.2, 0.25) is 5.91 Å². The predicted molar refractivity (Wildman–Crippen MR) is 76.4 cm³/mol. The summed E-state index contributed by atoms with van der Waals surface area (Å²) in [6.07, 6.45) is 2.35. The molecule has 1 atom stereocenters. The number of nitrogens with zero attached hydrogens (tertiary/aromatic N) is 3. The highest BCUT2D eigenvalue weighted by Gasteiger charge is 2.31. The van der Waals surface area contributed by atoms with Crippen LogP contribution in [0.5, 0.6) is 0 Å². The smallest absolute Gasteiger partial charge is 0.310 e. The fourth-order valence-electron chi connectivity index (χ4n) is 2.73. The Balaban J connectivity index is 1.68. The summed E-state index contributed by atoms with van der Waals surface area (Å²) in [7, 11) is 1.38. The van der Waals surface area contributed by atoms with E-state index in [1.165, 1.54) is 7.11 Å². The Bertz CT molecular complexity index is 680. The molecule has 0 saturated carbocycles. The first-order chi connectivity index (χ1) is 10.2. The van der Waals surface area contributed by atoms with Crippen LogP contribution in [0.3, 0.4) is 0 Å². The van der Waals surface area contributed by atoms with Gasteiger partial charge in [-0.3, -0.25) is 9.59 Å². The minimum atomic E-state index is -0.238. The zero-order valence-corrected chi connectivity index (χ0v) is 11.9. The number of carbonyl (C=O) groups is 2. The molecule has 1 unspecified atom stereocenters. The van der Waals surface area contributed by atoms with E-state index >= 15 is 0 Å². The Morgan fingerprint density at radius 3 is 3.00 bits per heavy atom. The molecule has 6 nitrogen and oxygen atoms in total. The number of hydrogen-bond acceptors (Lipinski definition) is 4. The molecule has 1 aliphatic rings. The van der Waals surface area contributed by atoms with E-state index < -0.39 is 0 Å². The lowest BCUT2D eigenvalue weighted by Gasteiger charge is -2.16. The van der Waals surface area contributed by atoms with Crippen LogP contribution in [-0.4, -0.2) is 46.5 Å². The van der Waals surface area contributed by atoms with Gasteiger partial charge in [0.05, 0.1) is 30.4 Å². The second-order valence-corrected chi connectivity index (χ2v) is 5.21. The molecule has 3 rings (SSSR count). The number of likely N-dealkylation sites (tertiary alicyclic amines) is 1.